The van der Waals surface area contributed by atoms with E-state index in [0.717, 1.165) is 11.4 Å². The SMILES string of the molecule is Cc1cc(N2CCC(C(=O)O)(n3cccn3)CC2)ccn1. The Morgan fingerprint density at radius 3 is 2.67 bits per heavy atom. The van der Waals surface area contributed by atoms with Crippen molar-refractivity contribution in [3.8, 4) is 0 Å². The van der Waals surface area contributed by atoms with E-state index in [1.54, 1.807) is 29.3 Å². The van der Waals surface area contributed by atoms with Crippen molar-refractivity contribution < 1.29 is 9.90 Å². The second kappa shape index (κ2) is 5.20. The predicted octanol–water partition coefficient (Wildman–Crippen LogP) is 1.67. The number of anilines is 1. The van der Waals surface area contributed by atoms with Crippen LogP contribution in [0.15, 0.2) is 36.8 Å². The highest BCUT2D eigenvalue weighted by Gasteiger charge is 2.43. The molecule has 0 aromatic carbocycles. The van der Waals surface area contributed by atoms with Gasteiger partial charge in [-0.3, -0.25) is 9.67 Å². The fraction of sp³-hybridized carbons (Fsp3) is 0.400. The summed E-state index contributed by atoms with van der Waals surface area (Å²) in [5.74, 6) is -0.809. The molecule has 110 valence electrons. The van der Waals surface area contributed by atoms with E-state index in [1.165, 1.54) is 0 Å². The molecule has 2 aromatic heterocycles. The molecule has 1 aliphatic heterocycles. The number of aliphatic carboxylic acids is 1. The number of carbonyl (C=O) groups is 1. The largest absolute Gasteiger partial charge is 0.479 e. The zero-order valence-electron chi connectivity index (χ0n) is 11.9. The molecule has 0 saturated carbocycles. The van der Waals surface area contributed by atoms with Crippen molar-refractivity contribution in [2.75, 3.05) is 18.0 Å². The second-order valence-electron chi connectivity index (χ2n) is 5.43. The van der Waals surface area contributed by atoms with Gasteiger partial charge in [0.05, 0.1) is 0 Å². The lowest BCUT2D eigenvalue weighted by atomic mass is 9.87. The van der Waals surface area contributed by atoms with Crippen LogP contribution < -0.4 is 4.90 Å². The van der Waals surface area contributed by atoms with Gasteiger partial charge < -0.3 is 10.0 Å². The lowest BCUT2D eigenvalue weighted by molar-refractivity contribution is -0.149. The van der Waals surface area contributed by atoms with E-state index in [4.69, 9.17) is 0 Å². The van der Waals surface area contributed by atoms with Crippen LogP contribution in [-0.4, -0.2) is 38.9 Å². The number of rotatable bonds is 3. The monoisotopic (exact) mass is 286 g/mol. The average Bonchev–Trinajstić information content (AvgIpc) is 3.02. The minimum absolute atomic E-state index is 0.533. The molecule has 1 N–H and O–H groups in total. The number of aromatic nitrogens is 3. The molecule has 0 atom stereocenters. The summed E-state index contributed by atoms with van der Waals surface area (Å²) in [6, 6.07) is 5.76. The van der Waals surface area contributed by atoms with Gasteiger partial charge in [-0.15, -0.1) is 0 Å². The number of hydrogen-bond donors (Lipinski definition) is 1. The van der Waals surface area contributed by atoms with Crippen LogP contribution in [0, 0.1) is 6.92 Å². The average molecular weight is 286 g/mol. The standard InChI is InChI=1S/C15H18N4O2/c1-12-11-13(3-7-16-12)18-9-4-15(5-10-18,14(20)21)19-8-2-6-17-19/h2-3,6-8,11H,4-5,9-10H2,1H3,(H,20,21). The molecule has 0 unspecified atom stereocenters. The third kappa shape index (κ3) is 2.37. The first kappa shape index (κ1) is 13.6. The van der Waals surface area contributed by atoms with Crippen LogP contribution in [-0.2, 0) is 10.3 Å². The van der Waals surface area contributed by atoms with E-state index < -0.39 is 11.5 Å². The Balaban J connectivity index is 1.81. The van der Waals surface area contributed by atoms with Crippen LogP contribution in [0.4, 0.5) is 5.69 Å². The van der Waals surface area contributed by atoms with Crippen LogP contribution in [0.5, 0.6) is 0 Å². The van der Waals surface area contributed by atoms with Crippen molar-refractivity contribution >= 4 is 11.7 Å². The Kier molecular flexibility index (Phi) is 3.37. The Bertz CT molecular complexity index is 631. The molecule has 1 aliphatic rings. The number of carboxylic acid groups (broad SMARTS) is 1. The van der Waals surface area contributed by atoms with Gasteiger partial charge in [-0.2, -0.15) is 5.10 Å². The van der Waals surface area contributed by atoms with Crippen molar-refractivity contribution in [2.45, 2.75) is 25.3 Å². The van der Waals surface area contributed by atoms with Crippen LogP contribution in [0.3, 0.4) is 0 Å². The molecule has 1 fully saturated rings. The lowest BCUT2D eigenvalue weighted by Gasteiger charge is -2.40. The maximum Gasteiger partial charge on any atom is 0.331 e. The van der Waals surface area contributed by atoms with Gasteiger partial charge in [0.15, 0.2) is 5.54 Å². The van der Waals surface area contributed by atoms with Crippen molar-refractivity contribution in [2.24, 2.45) is 0 Å². The van der Waals surface area contributed by atoms with Crippen molar-refractivity contribution in [1.29, 1.82) is 0 Å². The van der Waals surface area contributed by atoms with Gasteiger partial charge in [0.25, 0.3) is 0 Å². The van der Waals surface area contributed by atoms with Crippen LogP contribution in [0.1, 0.15) is 18.5 Å². The van der Waals surface area contributed by atoms with Crippen molar-refractivity contribution in [1.82, 2.24) is 14.8 Å². The number of nitrogens with zero attached hydrogens (tertiary/aromatic N) is 4. The van der Waals surface area contributed by atoms with Crippen LogP contribution >= 0.6 is 0 Å². The summed E-state index contributed by atoms with van der Waals surface area (Å²) in [5.41, 5.74) is 1.14. The topological polar surface area (TPSA) is 71.2 Å². The molecule has 2 aromatic rings. The molecule has 6 heteroatoms. The highest BCUT2D eigenvalue weighted by Crippen LogP contribution is 2.32. The molecule has 3 heterocycles. The maximum atomic E-state index is 11.8. The molecule has 0 bridgehead atoms. The molecule has 21 heavy (non-hydrogen) atoms. The molecule has 6 nitrogen and oxygen atoms in total. The Labute approximate surface area is 123 Å². The number of aryl methyl sites for hydroxylation is 1. The summed E-state index contributed by atoms with van der Waals surface area (Å²) in [7, 11) is 0. The van der Waals surface area contributed by atoms with Crippen LogP contribution in [0.25, 0.3) is 0 Å². The summed E-state index contributed by atoms with van der Waals surface area (Å²) in [5, 5.41) is 13.8. The zero-order valence-corrected chi connectivity index (χ0v) is 11.9. The van der Waals surface area contributed by atoms with E-state index >= 15 is 0 Å². The first-order valence-corrected chi connectivity index (χ1v) is 7.03. The normalized spacial score (nSPS) is 17.7. The quantitative estimate of drug-likeness (QED) is 0.929. The van der Waals surface area contributed by atoms with E-state index in [0.29, 0.717) is 25.9 Å². The molecule has 0 amide bonds. The molecule has 0 spiro atoms. The van der Waals surface area contributed by atoms with E-state index in [2.05, 4.69) is 15.0 Å². The summed E-state index contributed by atoms with van der Waals surface area (Å²) < 4.78 is 1.59. The van der Waals surface area contributed by atoms with Gasteiger partial charge in [0.1, 0.15) is 0 Å². The maximum absolute atomic E-state index is 11.8. The smallest absolute Gasteiger partial charge is 0.331 e. The number of piperidine rings is 1. The first-order chi connectivity index (χ1) is 10.1. The third-order valence-corrected chi connectivity index (χ3v) is 4.18. The first-order valence-electron chi connectivity index (χ1n) is 7.03. The molecule has 0 radical (unpaired) electrons. The fourth-order valence-electron chi connectivity index (χ4n) is 2.93. The summed E-state index contributed by atoms with van der Waals surface area (Å²) in [6.45, 7) is 3.34. The van der Waals surface area contributed by atoms with Gasteiger partial charge in [0.2, 0.25) is 0 Å². The van der Waals surface area contributed by atoms with Crippen molar-refractivity contribution in [3.05, 3.63) is 42.5 Å². The van der Waals surface area contributed by atoms with Gasteiger partial charge in [-0.25, -0.2) is 4.79 Å². The molecule has 1 saturated heterocycles. The zero-order chi connectivity index (χ0) is 14.9. The van der Waals surface area contributed by atoms with Crippen molar-refractivity contribution in [3.63, 3.8) is 0 Å². The van der Waals surface area contributed by atoms with Gasteiger partial charge in [0, 0.05) is 55.9 Å². The minimum atomic E-state index is -0.928. The van der Waals surface area contributed by atoms with E-state index in [9.17, 15) is 9.90 Å². The lowest BCUT2D eigenvalue weighted by Crippen LogP contribution is -2.51. The number of pyridine rings is 1. The molecular formula is C15H18N4O2. The van der Waals surface area contributed by atoms with E-state index in [1.807, 2.05) is 19.1 Å². The number of hydrogen-bond acceptors (Lipinski definition) is 4. The summed E-state index contributed by atoms with van der Waals surface area (Å²) in [6.07, 6.45) is 6.22. The van der Waals surface area contributed by atoms with E-state index in [-0.39, 0.29) is 0 Å². The second-order valence-corrected chi connectivity index (χ2v) is 5.43. The number of carboxylic acids is 1. The predicted molar refractivity (Wildman–Crippen MR) is 78.3 cm³/mol. The van der Waals surface area contributed by atoms with Gasteiger partial charge >= 0.3 is 5.97 Å². The molecule has 0 aliphatic carbocycles. The van der Waals surface area contributed by atoms with Gasteiger partial charge in [-0.1, -0.05) is 0 Å². The molecule has 3 rings (SSSR count). The highest BCUT2D eigenvalue weighted by molar-refractivity contribution is 5.77. The summed E-state index contributed by atoms with van der Waals surface area (Å²) >= 11 is 0. The third-order valence-electron chi connectivity index (χ3n) is 4.18. The van der Waals surface area contributed by atoms with Crippen LogP contribution in [0.2, 0.25) is 0 Å². The fourth-order valence-corrected chi connectivity index (χ4v) is 2.93. The highest BCUT2D eigenvalue weighted by atomic mass is 16.4. The summed E-state index contributed by atoms with van der Waals surface area (Å²) in [4.78, 5) is 18.2. The molecular weight excluding hydrogens is 268 g/mol. The Morgan fingerprint density at radius 2 is 2.10 bits per heavy atom. The Hall–Kier alpha value is -2.37. The van der Waals surface area contributed by atoms with Gasteiger partial charge in [-0.05, 0) is 25.1 Å². The minimum Gasteiger partial charge on any atom is -0.479 e. The Morgan fingerprint density at radius 1 is 1.33 bits per heavy atom.